The molecule has 0 spiro atoms. The molecule has 0 atom stereocenters. The summed E-state index contributed by atoms with van der Waals surface area (Å²) in [5.74, 6) is -0.227. The van der Waals surface area contributed by atoms with E-state index in [2.05, 4.69) is 4.98 Å². The third-order valence-electron chi connectivity index (χ3n) is 5.92. The van der Waals surface area contributed by atoms with Gasteiger partial charge in [-0.1, -0.05) is 30.3 Å². The Morgan fingerprint density at radius 2 is 1.91 bits per heavy atom. The molecule has 0 aliphatic carbocycles. The minimum Gasteiger partial charge on any atom is -0.292 e. The lowest BCUT2D eigenvalue weighted by Crippen LogP contribution is -2.27. The molecule has 168 valence electrons. The zero-order valence-electron chi connectivity index (χ0n) is 18.1. The van der Waals surface area contributed by atoms with Gasteiger partial charge in [0, 0.05) is 17.0 Å². The highest BCUT2D eigenvalue weighted by molar-refractivity contribution is 7.92. The Morgan fingerprint density at radius 1 is 1.15 bits per heavy atom. The third-order valence-corrected chi connectivity index (χ3v) is 8.35. The van der Waals surface area contributed by atoms with E-state index in [1.165, 1.54) is 32.8 Å². The van der Waals surface area contributed by atoms with Gasteiger partial charge < -0.3 is 0 Å². The number of carbonyl (C=O) groups excluding carboxylic acids is 1. The lowest BCUT2D eigenvalue weighted by Gasteiger charge is -2.16. The first-order valence-corrected chi connectivity index (χ1v) is 13.1. The highest BCUT2D eigenvalue weighted by atomic mass is 32.2. The zero-order valence-corrected chi connectivity index (χ0v) is 19.7. The van der Waals surface area contributed by atoms with Gasteiger partial charge in [0.15, 0.2) is 5.78 Å². The fraction of sp³-hybridized carbons (Fsp3) is 0.208. The Morgan fingerprint density at radius 3 is 2.64 bits per heavy atom. The number of hydrogen-bond donors (Lipinski definition) is 0. The maximum absolute atomic E-state index is 13.2. The number of sulfonamides is 1. The number of hydrogen-bond acceptors (Lipinski definition) is 6. The molecule has 9 heteroatoms. The number of nitrogens with zero attached hydrogens (tertiary/aromatic N) is 3. The van der Waals surface area contributed by atoms with Gasteiger partial charge >= 0.3 is 0 Å². The Hall–Kier alpha value is -3.30. The molecule has 4 aromatic rings. The standard InChI is InChI=1S/C24H21N3O4S2/c1-15-21-23(32-22(15)16-6-4-3-5-7-16)25-14-26(24(21)29)13-20(28)18-8-9-19-17(12-18)10-11-27(19)33(2,30)31/h3-9,12,14H,10-11,13H2,1-2H3. The summed E-state index contributed by atoms with van der Waals surface area (Å²) in [6.45, 7) is 2.14. The molecular weight excluding hydrogens is 458 g/mol. The molecule has 0 unspecified atom stereocenters. The van der Waals surface area contributed by atoms with E-state index in [4.69, 9.17) is 0 Å². The van der Waals surface area contributed by atoms with E-state index in [0.717, 1.165) is 21.6 Å². The molecule has 3 heterocycles. The van der Waals surface area contributed by atoms with Crippen LogP contribution in [0.2, 0.25) is 0 Å². The van der Waals surface area contributed by atoms with Gasteiger partial charge in [-0.05, 0) is 48.2 Å². The van der Waals surface area contributed by atoms with Crippen LogP contribution in [-0.4, -0.2) is 36.6 Å². The summed E-state index contributed by atoms with van der Waals surface area (Å²) in [5.41, 5.74) is 3.52. The number of fused-ring (bicyclic) bond motifs is 2. The van der Waals surface area contributed by atoms with E-state index in [9.17, 15) is 18.0 Å². The van der Waals surface area contributed by atoms with E-state index in [1.807, 2.05) is 37.3 Å². The number of Topliss-reactive ketones (excluding diaryl/α,β-unsaturated/α-hetero) is 1. The van der Waals surface area contributed by atoms with E-state index < -0.39 is 10.0 Å². The summed E-state index contributed by atoms with van der Waals surface area (Å²) in [4.78, 5) is 32.3. The first kappa shape index (κ1) is 21.5. The summed E-state index contributed by atoms with van der Waals surface area (Å²) in [6, 6.07) is 14.9. The van der Waals surface area contributed by atoms with Gasteiger partial charge in [0.2, 0.25) is 10.0 Å². The molecule has 0 N–H and O–H groups in total. The highest BCUT2D eigenvalue weighted by Crippen LogP contribution is 2.35. The van der Waals surface area contributed by atoms with E-state index in [-0.39, 0.29) is 17.9 Å². The number of thiophene rings is 1. The second-order valence-corrected chi connectivity index (χ2v) is 11.0. The molecule has 2 aromatic carbocycles. The molecule has 7 nitrogen and oxygen atoms in total. The molecule has 0 saturated heterocycles. The number of rotatable bonds is 5. The van der Waals surface area contributed by atoms with Crippen LogP contribution in [0, 0.1) is 6.92 Å². The Kier molecular flexibility index (Phi) is 5.18. The van der Waals surface area contributed by atoms with Gasteiger partial charge in [-0.3, -0.25) is 18.5 Å². The fourth-order valence-electron chi connectivity index (χ4n) is 4.27. The zero-order chi connectivity index (χ0) is 23.3. The minimum atomic E-state index is -3.35. The minimum absolute atomic E-state index is 0.133. The lowest BCUT2D eigenvalue weighted by molar-refractivity contribution is 0.0970. The summed E-state index contributed by atoms with van der Waals surface area (Å²) < 4.78 is 26.6. The van der Waals surface area contributed by atoms with Crippen LogP contribution in [-0.2, 0) is 23.0 Å². The van der Waals surface area contributed by atoms with Crippen molar-refractivity contribution in [2.75, 3.05) is 17.1 Å². The van der Waals surface area contributed by atoms with Crippen molar-refractivity contribution in [3.8, 4) is 10.4 Å². The van der Waals surface area contributed by atoms with E-state index >= 15 is 0 Å². The fourth-order valence-corrected chi connectivity index (χ4v) is 6.38. The van der Waals surface area contributed by atoms with Crippen molar-refractivity contribution in [1.29, 1.82) is 0 Å². The number of benzene rings is 2. The Balaban J connectivity index is 1.46. The third kappa shape index (κ3) is 3.77. The Bertz CT molecular complexity index is 1570. The molecule has 5 rings (SSSR count). The molecule has 0 amide bonds. The van der Waals surface area contributed by atoms with Gasteiger partial charge in [0.25, 0.3) is 5.56 Å². The molecule has 0 saturated carbocycles. The average molecular weight is 480 g/mol. The Labute approximate surface area is 195 Å². The molecule has 0 bridgehead atoms. The van der Waals surface area contributed by atoms with Crippen LogP contribution in [0.15, 0.2) is 59.7 Å². The predicted molar refractivity (Wildman–Crippen MR) is 131 cm³/mol. The van der Waals surface area contributed by atoms with Gasteiger partial charge in [-0.25, -0.2) is 13.4 Å². The van der Waals surface area contributed by atoms with Gasteiger partial charge in [-0.15, -0.1) is 11.3 Å². The van der Waals surface area contributed by atoms with Gasteiger partial charge in [-0.2, -0.15) is 0 Å². The smallest absolute Gasteiger partial charge is 0.262 e. The first-order chi connectivity index (χ1) is 15.7. The molecule has 0 radical (unpaired) electrons. The number of anilines is 1. The summed E-state index contributed by atoms with van der Waals surface area (Å²) in [7, 11) is -3.35. The van der Waals surface area contributed by atoms with Crippen LogP contribution in [0.25, 0.3) is 20.7 Å². The van der Waals surface area contributed by atoms with Crippen LogP contribution in [0.4, 0.5) is 5.69 Å². The summed E-state index contributed by atoms with van der Waals surface area (Å²) in [6.07, 6.45) is 3.14. The molecule has 1 aliphatic heterocycles. The quantitative estimate of drug-likeness (QED) is 0.408. The number of aryl methyl sites for hydroxylation is 1. The second-order valence-electron chi connectivity index (χ2n) is 8.13. The largest absolute Gasteiger partial charge is 0.292 e. The van der Waals surface area contributed by atoms with Gasteiger partial charge in [0.1, 0.15) is 4.83 Å². The predicted octanol–water partition coefficient (Wildman–Crippen LogP) is 3.64. The van der Waals surface area contributed by atoms with Crippen molar-refractivity contribution in [3.05, 3.63) is 81.9 Å². The molecule has 1 aliphatic rings. The SMILES string of the molecule is Cc1c(-c2ccccc2)sc2ncn(CC(=O)c3ccc4c(c3)CCN4S(C)(=O)=O)c(=O)c12. The number of ketones is 1. The van der Waals surface area contributed by atoms with Crippen molar-refractivity contribution in [2.45, 2.75) is 19.9 Å². The van der Waals surface area contributed by atoms with Crippen LogP contribution >= 0.6 is 11.3 Å². The van der Waals surface area contributed by atoms with Gasteiger partial charge in [0.05, 0.1) is 30.2 Å². The van der Waals surface area contributed by atoms with Crippen LogP contribution in [0.5, 0.6) is 0 Å². The maximum Gasteiger partial charge on any atom is 0.262 e. The van der Waals surface area contributed by atoms with Crippen molar-refractivity contribution in [2.24, 2.45) is 0 Å². The van der Waals surface area contributed by atoms with Crippen LogP contribution < -0.4 is 9.86 Å². The average Bonchev–Trinajstić information content (AvgIpc) is 3.37. The maximum atomic E-state index is 13.2. The molecule has 2 aromatic heterocycles. The normalized spacial score (nSPS) is 13.5. The van der Waals surface area contributed by atoms with Crippen LogP contribution in [0.3, 0.4) is 0 Å². The monoisotopic (exact) mass is 479 g/mol. The van der Waals surface area contributed by atoms with E-state index in [1.54, 1.807) is 18.2 Å². The number of aromatic nitrogens is 2. The molecule has 33 heavy (non-hydrogen) atoms. The highest BCUT2D eigenvalue weighted by Gasteiger charge is 2.27. The summed E-state index contributed by atoms with van der Waals surface area (Å²) >= 11 is 1.47. The number of carbonyl (C=O) groups is 1. The van der Waals surface area contributed by atoms with Crippen molar-refractivity contribution < 1.29 is 13.2 Å². The molecule has 0 fully saturated rings. The van der Waals surface area contributed by atoms with Crippen molar-refractivity contribution in [1.82, 2.24) is 9.55 Å². The van der Waals surface area contributed by atoms with Crippen LogP contribution in [0.1, 0.15) is 21.5 Å². The second kappa shape index (κ2) is 7.93. The lowest BCUT2D eigenvalue weighted by atomic mass is 10.1. The first-order valence-electron chi connectivity index (χ1n) is 10.4. The molecular formula is C24H21N3O4S2. The van der Waals surface area contributed by atoms with E-state index in [0.29, 0.717) is 34.4 Å². The topological polar surface area (TPSA) is 89.3 Å². The summed E-state index contributed by atoms with van der Waals surface area (Å²) in [5, 5.41) is 0.534. The van der Waals surface area contributed by atoms with Crippen molar-refractivity contribution in [3.63, 3.8) is 0 Å². The van der Waals surface area contributed by atoms with Crippen molar-refractivity contribution >= 4 is 43.0 Å².